The van der Waals surface area contributed by atoms with E-state index in [-0.39, 0.29) is 0 Å². The fourth-order valence-electron chi connectivity index (χ4n) is 11.6. The van der Waals surface area contributed by atoms with E-state index in [0.717, 1.165) is 141 Å². The summed E-state index contributed by atoms with van der Waals surface area (Å²) in [5, 5.41) is 0. The van der Waals surface area contributed by atoms with Crippen LogP contribution in [0, 0.1) is 0 Å². The van der Waals surface area contributed by atoms with E-state index in [9.17, 15) is 0 Å². The summed E-state index contributed by atoms with van der Waals surface area (Å²) < 4.78 is 8.69. The van der Waals surface area contributed by atoms with Crippen LogP contribution >= 0.6 is 0 Å². The number of nitrogens with zero attached hydrogens (tertiary/aromatic N) is 13. The van der Waals surface area contributed by atoms with Crippen LogP contribution in [0.2, 0.25) is 0 Å². The Labute approximate surface area is 457 Å². The minimum Gasteiger partial charge on any atom is -0.310 e. The highest BCUT2D eigenvalue weighted by molar-refractivity contribution is 5.97. The summed E-state index contributed by atoms with van der Waals surface area (Å²) in [5.74, 6) is 2.94. The molecule has 9 heterocycles. The minimum atomic E-state index is 0.476. The lowest BCUT2D eigenvalue weighted by atomic mass is 9.85. The molecule has 376 valence electrons. The van der Waals surface area contributed by atoms with Gasteiger partial charge in [-0.3, -0.25) is 18.3 Å². The molecule has 0 bridgehead atoms. The Morgan fingerprint density at radius 2 is 0.562 bits per heavy atom. The van der Waals surface area contributed by atoms with E-state index in [1.54, 1.807) is 0 Å². The van der Waals surface area contributed by atoms with E-state index in [1.165, 1.54) is 0 Å². The summed E-state index contributed by atoms with van der Waals surface area (Å²) in [6, 6.07) is 77.1. The maximum atomic E-state index is 5.56. The van der Waals surface area contributed by atoms with E-state index in [4.69, 9.17) is 39.9 Å². The summed E-state index contributed by atoms with van der Waals surface area (Å²) in [6.07, 6.45) is 7.80. The normalized spacial score (nSPS) is 12.2. The summed E-state index contributed by atoms with van der Waals surface area (Å²) in [6.45, 7) is 0. The predicted molar refractivity (Wildman–Crippen MR) is 315 cm³/mol. The first-order valence-corrected chi connectivity index (χ1v) is 26.5. The van der Waals surface area contributed by atoms with Crippen molar-refractivity contribution in [3.8, 4) is 68.3 Å². The molecule has 1 aliphatic rings. The van der Waals surface area contributed by atoms with Crippen LogP contribution in [0.5, 0.6) is 0 Å². The summed E-state index contributed by atoms with van der Waals surface area (Å²) in [5.41, 5.74) is 18.4. The molecule has 0 saturated carbocycles. The molecule has 80 heavy (non-hydrogen) atoms. The number of imidazole rings is 4. The van der Waals surface area contributed by atoms with Crippen molar-refractivity contribution >= 4 is 61.7 Å². The molecular formula is C67H43N13. The standard InChI is InChI=1S/C67H43N13/c1-6-20-45(21-7-1)76-58-40-43(60-72-54-30-16-34-68-64(54)77(60)46-22-8-2-9-23-46)38-52(62-74-56-32-18-36-70-66(56)79(62)48-26-12-4-13-27-48)50(58)42-51-53(63-75-57-33-19-37-71-67(57)80(63)49-28-14-5-15-29-49)39-44(41-59(51)76)61-73-55-31-17-35-69-65(55)78(61)47-24-10-3-11-25-47/h1-41H,42H2. The summed E-state index contributed by atoms with van der Waals surface area (Å²) in [7, 11) is 0. The third-order valence-corrected chi connectivity index (χ3v) is 15.0. The zero-order valence-corrected chi connectivity index (χ0v) is 42.7. The van der Waals surface area contributed by atoms with Gasteiger partial charge in [0, 0.05) is 81.9 Å². The van der Waals surface area contributed by atoms with E-state index >= 15 is 0 Å². The van der Waals surface area contributed by atoms with Gasteiger partial charge >= 0.3 is 0 Å². The molecule has 0 N–H and O–H groups in total. The third-order valence-electron chi connectivity index (χ3n) is 15.0. The quantitative estimate of drug-likeness (QED) is 0.139. The van der Waals surface area contributed by atoms with Gasteiger partial charge in [0.25, 0.3) is 0 Å². The molecule has 0 amide bonds. The first kappa shape index (κ1) is 45.1. The number of benzene rings is 7. The first-order chi connectivity index (χ1) is 39.7. The lowest BCUT2D eigenvalue weighted by Crippen LogP contribution is -2.21. The van der Waals surface area contributed by atoms with Crippen molar-refractivity contribution in [2.75, 3.05) is 4.90 Å². The van der Waals surface area contributed by atoms with Crippen LogP contribution in [0.1, 0.15) is 11.1 Å². The highest BCUT2D eigenvalue weighted by Crippen LogP contribution is 2.53. The van der Waals surface area contributed by atoms with Gasteiger partial charge in [0.1, 0.15) is 45.4 Å². The van der Waals surface area contributed by atoms with Crippen LogP contribution in [-0.4, -0.2) is 58.1 Å². The van der Waals surface area contributed by atoms with Gasteiger partial charge in [-0.05, 0) is 145 Å². The minimum absolute atomic E-state index is 0.476. The molecule has 0 saturated heterocycles. The molecule has 0 fully saturated rings. The Bertz CT molecular complexity index is 4570. The Hall–Kier alpha value is -11.2. The van der Waals surface area contributed by atoms with Gasteiger partial charge in [-0.15, -0.1) is 0 Å². The van der Waals surface area contributed by atoms with E-state index in [1.807, 2.05) is 97.6 Å². The zero-order valence-electron chi connectivity index (χ0n) is 42.7. The maximum absolute atomic E-state index is 5.56. The molecule has 0 radical (unpaired) electrons. The van der Waals surface area contributed by atoms with E-state index in [2.05, 4.69) is 175 Å². The molecule has 0 spiro atoms. The fourth-order valence-corrected chi connectivity index (χ4v) is 11.6. The van der Waals surface area contributed by atoms with Gasteiger partial charge in [0.05, 0.1) is 11.4 Å². The molecular weight excluding hydrogens is 987 g/mol. The molecule has 0 unspecified atom stereocenters. The molecule has 13 heteroatoms. The number of hydrogen-bond acceptors (Lipinski definition) is 9. The van der Waals surface area contributed by atoms with Crippen molar-refractivity contribution in [2.24, 2.45) is 0 Å². The average Bonchev–Trinajstić information content (AvgIpc) is 4.38. The second kappa shape index (κ2) is 18.2. The van der Waals surface area contributed by atoms with Crippen LogP contribution in [0.15, 0.2) is 249 Å². The highest BCUT2D eigenvalue weighted by Gasteiger charge is 2.35. The number of rotatable bonds is 9. The van der Waals surface area contributed by atoms with Crippen molar-refractivity contribution in [3.63, 3.8) is 0 Å². The van der Waals surface area contributed by atoms with Crippen molar-refractivity contribution in [3.05, 3.63) is 260 Å². The third kappa shape index (κ3) is 7.18. The number of aromatic nitrogens is 12. The molecule has 7 aromatic carbocycles. The monoisotopic (exact) mass is 1030 g/mol. The Morgan fingerprint density at radius 3 is 0.887 bits per heavy atom. The second-order valence-corrected chi connectivity index (χ2v) is 19.7. The predicted octanol–water partition coefficient (Wildman–Crippen LogP) is 14.7. The molecule has 0 aliphatic carbocycles. The summed E-state index contributed by atoms with van der Waals surface area (Å²) >= 11 is 0. The SMILES string of the molecule is c1ccc(N2c3cc(-c4nc5cccnc5n4-c4ccccc4)cc(-c4nc5cccnc5n4-c4ccccc4)c3Cc3c(-c4nc5cccnc5n4-c4ccccc4)cc(-c4nc5cccnc5n4-c4ccccc4)cc32)cc1. The zero-order chi connectivity index (χ0) is 52.7. The summed E-state index contributed by atoms with van der Waals surface area (Å²) in [4.78, 5) is 44.3. The lowest BCUT2D eigenvalue weighted by Gasteiger charge is -2.36. The number of fused-ring (bicyclic) bond motifs is 6. The molecule has 0 atom stereocenters. The Balaban J connectivity index is 1.06. The number of hydrogen-bond donors (Lipinski definition) is 0. The van der Waals surface area contributed by atoms with Crippen LogP contribution in [0.4, 0.5) is 17.1 Å². The van der Waals surface area contributed by atoms with Crippen molar-refractivity contribution in [1.29, 1.82) is 0 Å². The van der Waals surface area contributed by atoms with Gasteiger partial charge in [-0.1, -0.05) is 91.0 Å². The van der Waals surface area contributed by atoms with E-state index < -0.39 is 0 Å². The first-order valence-electron chi connectivity index (χ1n) is 26.5. The number of anilines is 3. The van der Waals surface area contributed by atoms with Crippen LogP contribution < -0.4 is 4.90 Å². The van der Waals surface area contributed by atoms with Crippen molar-refractivity contribution < 1.29 is 0 Å². The lowest BCUT2D eigenvalue weighted by molar-refractivity contribution is 1.03. The van der Waals surface area contributed by atoms with E-state index in [0.29, 0.717) is 6.42 Å². The molecule has 15 aromatic rings. The van der Waals surface area contributed by atoms with Gasteiger partial charge in [-0.2, -0.15) is 0 Å². The molecule has 13 nitrogen and oxygen atoms in total. The topological polar surface area (TPSA) is 126 Å². The molecule has 1 aliphatic heterocycles. The van der Waals surface area contributed by atoms with Crippen LogP contribution in [-0.2, 0) is 6.42 Å². The van der Waals surface area contributed by atoms with Crippen molar-refractivity contribution in [2.45, 2.75) is 6.42 Å². The molecule has 8 aromatic heterocycles. The van der Waals surface area contributed by atoms with Crippen molar-refractivity contribution in [1.82, 2.24) is 58.1 Å². The second-order valence-electron chi connectivity index (χ2n) is 19.7. The van der Waals surface area contributed by atoms with Gasteiger partial charge < -0.3 is 4.90 Å². The number of pyridine rings is 4. The fraction of sp³-hybridized carbons (Fsp3) is 0.0149. The smallest absolute Gasteiger partial charge is 0.164 e. The largest absolute Gasteiger partial charge is 0.310 e. The molecule has 16 rings (SSSR count). The highest BCUT2D eigenvalue weighted by atomic mass is 15.2. The maximum Gasteiger partial charge on any atom is 0.164 e. The van der Waals surface area contributed by atoms with Gasteiger partial charge in [0.15, 0.2) is 22.6 Å². The number of para-hydroxylation sites is 5. The van der Waals surface area contributed by atoms with Crippen LogP contribution in [0.3, 0.4) is 0 Å². The van der Waals surface area contributed by atoms with Crippen LogP contribution in [0.25, 0.3) is 113 Å². The average molecular weight is 1030 g/mol. The van der Waals surface area contributed by atoms with Gasteiger partial charge in [-0.25, -0.2) is 39.9 Å². The van der Waals surface area contributed by atoms with Gasteiger partial charge in [0.2, 0.25) is 0 Å². The Morgan fingerprint density at radius 1 is 0.275 bits per heavy atom. The Kier molecular flexibility index (Phi) is 10.3.